The summed E-state index contributed by atoms with van der Waals surface area (Å²) >= 11 is 0. The van der Waals surface area contributed by atoms with Crippen LogP contribution in [0.3, 0.4) is 0 Å². The zero-order chi connectivity index (χ0) is 22.3. The summed E-state index contributed by atoms with van der Waals surface area (Å²) in [4.78, 5) is 21.9. The van der Waals surface area contributed by atoms with Crippen molar-refractivity contribution in [1.29, 1.82) is 0 Å². The second-order valence-corrected chi connectivity index (χ2v) is 8.74. The van der Waals surface area contributed by atoms with Gasteiger partial charge >= 0.3 is 6.18 Å². The fourth-order valence-electron chi connectivity index (χ4n) is 4.99. The van der Waals surface area contributed by atoms with Gasteiger partial charge in [0.05, 0.1) is 18.9 Å². The molecule has 1 fully saturated rings. The molecule has 2 aromatic rings. The maximum atomic E-state index is 13.4. The second-order valence-electron chi connectivity index (χ2n) is 8.74. The van der Waals surface area contributed by atoms with Crippen LogP contribution >= 0.6 is 0 Å². The molecule has 168 valence electrons. The fourth-order valence-corrected chi connectivity index (χ4v) is 4.99. The number of alkyl halides is 3. The number of fused-ring (bicyclic) bond motifs is 1. The molecule has 1 aromatic heterocycles. The fraction of sp³-hybridized carbons (Fsp3) is 0.565. The van der Waals surface area contributed by atoms with E-state index in [-0.39, 0.29) is 11.6 Å². The number of halogens is 3. The van der Waals surface area contributed by atoms with Crippen molar-refractivity contribution in [3.8, 4) is 0 Å². The second kappa shape index (κ2) is 8.30. The average molecular weight is 435 g/mol. The third-order valence-electron chi connectivity index (χ3n) is 6.71. The predicted octanol–water partition coefficient (Wildman–Crippen LogP) is 5.08. The van der Waals surface area contributed by atoms with Gasteiger partial charge in [0.2, 0.25) is 5.95 Å². The molecule has 4 rings (SSSR count). The van der Waals surface area contributed by atoms with Crippen LogP contribution in [0.5, 0.6) is 0 Å². The molecule has 0 spiro atoms. The molecule has 0 radical (unpaired) electrons. The molecule has 0 bridgehead atoms. The molecule has 31 heavy (non-hydrogen) atoms. The summed E-state index contributed by atoms with van der Waals surface area (Å²) in [5.74, 6) is 0.886. The van der Waals surface area contributed by atoms with Crippen LogP contribution in [0.1, 0.15) is 56.4 Å². The highest BCUT2D eigenvalue weighted by atomic mass is 19.4. The number of benzene rings is 1. The number of aromatic nitrogens is 2. The molecule has 2 aliphatic rings. The molecule has 1 aromatic carbocycles. The zero-order valence-corrected chi connectivity index (χ0v) is 18.2. The highest BCUT2D eigenvalue weighted by molar-refractivity contribution is 5.59. The van der Waals surface area contributed by atoms with Crippen molar-refractivity contribution in [1.82, 2.24) is 14.5 Å². The van der Waals surface area contributed by atoms with E-state index >= 15 is 0 Å². The third-order valence-corrected chi connectivity index (χ3v) is 6.71. The summed E-state index contributed by atoms with van der Waals surface area (Å²) in [5.41, 5.74) is 0.882. The minimum Gasteiger partial charge on any atom is -0.298 e. The molecule has 2 unspecified atom stereocenters. The first-order valence-corrected chi connectivity index (χ1v) is 11.0. The predicted molar refractivity (Wildman–Crippen MR) is 114 cm³/mol. The van der Waals surface area contributed by atoms with Crippen molar-refractivity contribution in [2.45, 2.75) is 71.8 Å². The van der Waals surface area contributed by atoms with Gasteiger partial charge in [-0.2, -0.15) is 13.2 Å². The van der Waals surface area contributed by atoms with Gasteiger partial charge in [0.15, 0.2) is 0 Å². The van der Waals surface area contributed by atoms with Gasteiger partial charge in [-0.25, -0.2) is 4.98 Å². The van der Waals surface area contributed by atoms with Crippen LogP contribution in [0.25, 0.3) is 0 Å². The lowest BCUT2D eigenvalue weighted by Gasteiger charge is -2.45. The number of hydrogen-bond donors (Lipinski definition) is 0. The molecule has 5 nitrogen and oxygen atoms in total. The van der Waals surface area contributed by atoms with E-state index in [4.69, 9.17) is 0 Å². The topological polar surface area (TPSA) is 41.4 Å². The quantitative estimate of drug-likeness (QED) is 0.676. The van der Waals surface area contributed by atoms with E-state index in [1.807, 2.05) is 6.92 Å². The van der Waals surface area contributed by atoms with Gasteiger partial charge in [-0.1, -0.05) is 32.8 Å². The Morgan fingerprint density at radius 3 is 2.58 bits per heavy atom. The van der Waals surface area contributed by atoms with Crippen molar-refractivity contribution >= 4 is 11.6 Å². The summed E-state index contributed by atoms with van der Waals surface area (Å²) in [6.45, 7) is 6.77. The van der Waals surface area contributed by atoms with Crippen LogP contribution in [-0.4, -0.2) is 27.2 Å². The highest BCUT2D eigenvalue weighted by Gasteiger charge is 2.36. The van der Waals surface area contributed by atoms with Gasteiger partial charge in [-0.15, -0.1) is 0 Å². The van der Waals surface area contributed by atoms with Crippen LogP contribution in [-0.2, 0) is 19.3 Å². The van der Waals surface area contributed by atoms with Gasteiger partial charge in [0, 0.05) is 23.0 Å². The molecule has 1 aliphatic carbocycles. The number of anilines is 2. The van der Waals surface area contributed by atoms with Gasteiger partial charge in [-0.3, -0.25) is 19.2 Å². The number of nitrogens with zero attached hydrogens (tertiary/aromatic N) is 4. The zero-order valence-electron chi connectivity index (χ0n) is 18.2. The largest absolute Gasteiger partial charge is 0.416 e. The Balaban J connectivity index is 1.83. The van der Waals surface area contributed by atoms with Crippen molar-refractivity contribution in [3.63, 3.8) is 0 Å². The SMILES string of the molecule is CCc1c(C)nc2n(c1=O)CN(C1CCCCC1C)CN2c1cccc(C(F)(F)F)c1. The van der Waals surface area contributed by atoms with Gasteiger partial charge < -0.3 is 0 Å². The summed E-state index contributed by atoms with van der Waals surface area (Å²) in [7, 11) is 0. The first kappa shape index (κ1) is 21.9. The summed E-state index contributed by atoms with van der Waals surface area (Å²) in [5, 5.41) is 0. The van der Waals surface area contributed by atoms with E-state index in [0.717, 1.165) is 31.4 Å². The minimum atomic E-state index is -4.43. The van der Waals surface area contributed by atoms with Crippen LogP contribution in [0.15, 0.2) is 29.1 Å². The van der Waals surface area contributed by atoms with Gasteiger partial charge in [0.25, 0.3) is 5.56 Å². The highest BCUT2D eigenvalue weighted by Crippen LogP contribution is 2.36. The Hall–Kier alpha value is -2.35. The summed E-state index contributed by atoms with van der Waals surface area (Å²) in [6.07, 6.45) is 0.615. The Morgan fingerprint density at radius 2 is 1.90 bits per heavy atom. The number of rotatable bonds is 3. The summed E-state index contributed by atoms with van der Waals surface area (Å²) < 4.78 is 41.8. The molecule has 2 atom stereocenters. The van der Waals surface area contributed by atoms with Gasteiger partial charge in [-0.05, 0) is 50.3 Å². The molecule has 0 amide bonds. The summed E-state index contributed by atoms with van der Waals surface area (Å²) in [6, 6.07) is 5.57. The van der Waals surface area contributed by atoms with Crippen molar-refractivity contribution < 1.29 is 13.2 Å². The standard InChI is InChI=1S/C23H29F3N4O/c1-4-19-16(3)27-22-29(18-10-7-9-17(12-18)23(24,25)26)13-28(14-30(22)21(19)31)20-11-6-5-8-15(20)2/h7,9-10,12,15,20H,4-6,8,11,13-14H2,1-3H3. The molecule has 2 heterocycles. The molecular weight excluding hydrogens is 405 g/mol. The van der Waals surface area contributed by atoms with Crippen LogP contribution in [0.2, 0.25) is 0 Å². The van der Waals surface area contributed by atoms with Crippen molar-refractivity contribution in [3.05, 3.63) is 51.4 Å². The molecule has 1 saturated carbocycles. The van der Waals surface area contributed by atoms with Gasteiger partial charge in [0.1, 0.15) is 0 Å². The first-order chi connectivity index (χ1) is 14.7. The smallest absolute Gasteiger partial charge is 0.298 e. The Kier molecular flexibility index (Phi) is 5.85. The van der Waals surface area contributed by atoms with E-state index in [9.17, 15) is 18.0 Å². The lowest BCUT2D eigenvalue weighted by molar-refractivity contribution is -0.137. The molecule has 0 saturated heterocycles. The number of hydrogen-bond acceptors (Lipinski definition) is 4. The van der Waals surface area contributed by atoms with Crippen LogP contribution in [0, 0.1) is 12.8 Å². The lowest BCUT2D eigenvalue weighted by atomic mass is 9.85. The minimum absolute atomic E-state index is 0.102. The lowest BCUT2D eigenvalue weighted by Crippen LogP contribution is -2.53. The van der Waals surface area contributed by atoms with Crippen molar-refractivity contribution in [2.24, 2.45) is 5.92 Å². The average Bonchev–Trinajstić information content (AvgIpc) is 2.73. The van der Waals surface area contributed by atoms with Crippen LogP contribution < -0.4 is 10.5 Å². The molecule has 0 N–H and O–H groups in total. The Labute approximate surface area is 180 Å². The van der Waals surface area contributed by atoms with E-state index in [1.54, 1.807) is 22.5 Å². The number of aryl methyl sites for hydroxylation is 1. The molecular formula is C23H29F3N4O. The van der Waals surface area contributed by atoms with E-state index < -0.39 is 11.7 Å². The maximum Gasteiger partial charge on any atom is 0.416 e. The first-order valence-electron chi connectivity index (χ1n) is 11.0. The van der Waals surface area contributed by atoms with E-state index in [0.29, 0.717) is 48.6 Å². The molecule has 8 heteroatoms. The van der Waals surface area contributed by atoms with Crippen molar-refractivity contribution in [2.75, 3.05) is 11.6 Å². The Bertz CT molecular complexity index is 1020. The van der Waals surface area contributed by atoms with E-state index in [2.05, 4.69) is 16.8 Å². The monoisotopic (exact) mass is 434 g/mol. The normalized spacial score (nSPS) is 22.5. The Morgan fingerprint density at radius 1 is 1.16 bits per heavy atom. The maximum absolute atomic E-state index is 13.4. The third kappa shape index (κ3) is 4.10. The van der Waals surface area contributed by atoms with E-state index in [1.165, 1.54) is 12.5 Å². The molecule has 1 aliphatic heterocycles. The van der Waals surface area contributed by atoms with Crippen LogP contribution in [0.4, 0.5) is 24.8 Å².